The van der Waals surface area contributed by atoms with Crippen LogP contribution in [-0.4, -0.2) is 20.7 Å². The van der Waals surface area contributed by atoms with Crippen molar-refractivity contribution in [1.82, 2.24) is 4.57 Å². The quantitative estimate of drug-likeness (QED) is 0.874. The number of hydrogen-bond acceptors (Lipinski definition) is 2. The second-order valence-corrected chi connectivity index (χ2v) is 6.42. The van der Waals surface area contributed by atoms with E-state index >= 15 is 0 Å². The molecule has 3 heteroatoms. The van der Waals surface area contributed by atoms with Crippen molar-refractivity contribution in [2.24, 2.45) is 0 Å². The Kier molecular flexibility index (Phi) is 2.55. The number of rotatable bonds is 3. The summed E-state index contributed by atoms with van der Waals surface area (Å²) in [4.78, 5) is 0. The predicted octanol–water partition coefficient (Wildman–Crippen LogP) is 2.75. The molecule has 88 valence electrons. The Morgan fingerprint density at radius 3 is 3.06 bits per heavy atom. The Balaban J connectivity index is 1.86. The first kappa shape index (κ1) is 10.7. The number of fused-ring (bicyclic) bond motifs is 1. The molecule has 0 radical (unpaired) electrons. The van der Waals surface area contributed by atoms with Crippen molar-refractivity contribution in [2.75, 3.05) is 6.26 Å². The Bertz CT molecular complexity index is 395. The molecule has 1 fully saturated rings. The van der Waals surface area contributed by atoms with Gasteiger partial charge in [-0.15, -0.1) is 0 Å². The van der Waals surface area contributed by atoms with Crippen molar-refractivity contribution in [3.05, 3.63) is 23.5 Å². The van der Waals surface area contributed by atoms with Gasteiger partial charge in [-0.25, -0.2) is 0 Å². The molecule has 1 saturated carbocycles. The van der Waals surface area contributed by atoms with Crippen molar-refractivity contribution in [2.45, 2.75) is 49.5 Å². The van der Waals surface area contributed by atoms with E-state index in [9.17, 15) is 5.11 Å². The van der Waals surface area contributed by atoms with Gasteiger partial charge >= 0.3 is 0 Å². The zero-order chi connectivity index (χ0) is 11.2. The van der Waals surface area contributed by atoms with Crippen LogP contribution >= 0.6 is 11.8 Å². The fourth-order valence-corrected chi connectivity index (χ4v) is 3.54. The molecule has 2 aliphatic rings. The van der Waals surface area contributed by atoms with E-state index in [1.165, 1.54) is 24.1 Å². The molecule has 0 bridgehead atoms. The summed E-state index contributed by atoms with van der Waals surface area (Å²) in [6, 6.07) is 2.12. The fourth-order valence-electron chi connectivity index (χ4n) is 2.76. The van der Waals surface area contributed by atoms with Crippen molar-refractivity contribution < 1.29 is 5.11 Å². The minimum Gasteiger partial charge on any atom is -0.388 e. The Labute approximate surface area is 101 Å². The van der Waals surface area contributed by atoms with Crippen LogP contribution in [0.15, 0.2) is 12.3 Å². The van der Waals surface area contributed by atoms with Gasteiger partial charge in [0.1, 0.15) is 0 Å². The van der Waals surface area contributed by atoms with E-state index in [0.717, 1.165) is 25.8 Å². The molecule has 1 aromatic rings. The maximum absolute atomic E-state index is 9.93. The van der Waals surface area contributed by atoms with Crippen LogP contribution < -0.4 is 0 Å². The van der Waals surface area contributed by atoms with Gasteiger partial charge in [0.25, 0.3) is 0 Å². The molecule has 0 aromatic carbocycles. The summed E-state index contributed by atoms with van der Waals surface area (Å²) in [6.45, 7) is 1.14. The third-order valence-corrected chi connectivity index (χ3v) is 5.47. The maximum atomic E-state index is 9.93. The second-order valence-electron chi connectivity index (χ2n) is 5.14. The minimum absolute atomic E-state index is 0.213. The zero-order valence-corrected chi connectivity index (χ0v) is 10.6. The standard InChI is InChI=1S/C13H19NOS/c1-16-13(6-7-13)9-14-8-5-10-11(14)3-2-4-12(10)15/h5,8,12,15H,2-4,6-7,9H2,1H3. The van der Waals surface area contributed by atoms with Gasteiger partial charge in [0.2, 0.25) is 0 Å². The van der Waals surface area contributed by atoms with Crippen molar-refractivity contribution >= 4 is 11.8 Å². The normalized spacial score (nSPS) is 26.5. The zero-order valence-electron chi connectivity index (χ0n) is 9.78. The molecule has 1 atom stereocenters. The van der Waals surface area contributed by atoms with E-state index in [0.29, 0.717) is 4.75 Å². The minimum atomic E-state index is -0.213. The van der Waals surface area contributed by atoms with Crippen LogP contribution in [0.3, 0.4) is 0 Å². The second kappa shape index (κ2) is 3.81. The van der Waals surface area contributed by atoms with Gasteiger partial charge in [-0.05, 0) is 44.4 Å². The number of thioether (sulfide) groups is 1. The monoisotopic (exact) mass is 237 g/mol. The average Bonchev–Trinajstić information content (AvgIpc) is 2.95. The third-order valence-electron chi connectivity index (χ3n) is 4.06. The highest BCUT2D eigenvalue weighted by molar-refractivity contribution is 8.00. The fraction of sp³-hybridized carbons (Fsp3) is 0.692. The molecular formula is C13H19NOS. The van der Waals surface area contributed by atoms with Crippen molar-refractivity contribution in [3.8, 4) is 0 Å². The van der Waals surface area contributed by atoms with Crippen LogP contribution in [-0.2, 0) is 13.0 Å². The van der Waals surface area contributed by atoms with Gasteiger partial charge in [0, 0.05) is 28.7 Å². The summed E-state index contributed by atoms with van der Waals surface area (Å²) < 4.78 is 2.90. The summed E-state index contributed by atoms with van der Waals surface area (Å²) in [5.74, 6) is 0. The molecule has 0 spiro atoms. The van der Waals surface area contributed by atoms with E-state index in [4.69, 9.17) is 0 Å². The van der Waals surface area contributed by atoms with Crippen molar-refractivity contribution in [1.29, 1.82) is 0 Å². The first-order chi connectivity index (χ1) is 7.74. The molecule has 2 nitrogen and oxygen atoms in total. The highest BCUT2D eigenvalue weighted by atomic mass is 32.2. The van der Waals surface area contributed by atoms with Gasteiger partial charge in [0.05, 0.1) is 6.10 Å². The summed E-state index contributed by atoms with van der Waals surface area (Å²) in [6.07, 6.45) is 10.1. The number of nitrogens with zero attached hydrogens (tertiary/aromatic N) is 1. The number of aliphatic hydroxyl groups excluding tert-OH is 1. The lowest BCUT2D eigenvalue weighted by Crippen LogP contribution is -2.18. The Hall–Kier alpha value is -0.410. The summed E-state index contributed by atoms with van der Waals surface area (Å²) in [7, 11) is 0. The lowest BCUT2D eigenvalue weighted by atomic mass is 9.95. The first-order valence-electron chi connectivity index (χ1n) is 6.15. The van der Waals surface area contributed by atoms with Crippen LogP contribution in [0.2, 0.25) is 0 Å². The number of hydrogen-bond donors (Lipinski definition) is 1. The van der Waals surface area contributed by atoms with E-state index in [-0.39, 0.29) is 6.10 Å². The van der Waals surface area contributed by atoms with Gasteiger partial charge < -0.3 is 9.67 Å². The molecule has 3 rings (SSSR count). The van der Waals surface area contributed by atoms with E-state index in [2.05, 4.69) is 23.1 Å². The molecule has 16 heavy (non-hydrogen) atoms. The highest BCUT2D eigenvalue weighted by Gasteiger charge is 2.42. The summed E-state index contributed by atoms with van der Waals surface area (Å²) in [5, 5.41) is 9.93. The molecule has 0 aliphatic heterocycles. The SMILES string of the molecule is CSC1(Cn2ccc3c2CCCC3O)CC1. The van der Waals surface area contributed by atoms with Crippen molar-refractivity contribution in [3.63, 3.8) is 0 Å². The third kappa shape index (κ3) is 1.70. The molecule has 0 saturated heterocycles. The average molecular weight is 237 g/mol. The number of aliphatic hydroxyl groups is 1. The summed E-state index contributed by atoms with van der Waals surface area (Å²) >= 11 is 2.00. The molecule has 1 heterocycles. The molecule has 2 aliphatic carbocycles. The maximum Gasteiger partial charge on any atom is 0.0807 e. The van der Waals surface area contributed by atoms with Crippen LogP contribution in [0.5, 0.6) is 0 Å². The first-order valence-corrected chi connectivity index (χ1v) is 7.38. The molecular weight excluding hydrogens is 218 g/mol. The Morgan fingerprint density at radius 1 is 1.56 bits per heavy atom. The smallest absolute Gasteiger partial charge is 0.0807 e. The molecule has 1 aromatic heterocycles. The van der Waals surface area contributed by atoms with Crippen LogP contribution in [0.4, 0.5) is 0 Å². The lowest BCUT2D eigenvalue weighted by molar-refractivity contribution is 0.155. The van der Waals surface area contributed by atoms with Crippen LogP contribution in [0.25, 0.3) is 0 Å². The topological polar surface area (TPSA) is 25.2 Å². The van der Waals surface area contributed by atoms with Gasteiger partial charge in [0.15, 0.2) is 0 Å². The van der Waals surface area contributed by atoms with Crippen LogP contribution in [0.1, 0.15) is 43.0 Å². The highest BCUT2D eigenvalue weighted by Crippen LogP contribution is 2.49. The lowest BCUT2D eigenvalue weighted by Gasteiger charge is -2.22. The Morgan fingerprint density at radius 2 is 2.38 bits per heavy atom. The molecule has 0 amide bonds. The van der Waals surface area contributed by atoms with Gasteiger partial charge in [-0.1, -0.05) is 0 Å². The molecule has 1 unspecified atom stereocenters. The van der Waals surface area contributed by atoms with Gasteiger partial charge in [-0.2, -0.15) is 11.8 Å². The summed E-state index contributed by atoms with van der Waals surface area (Å²) in [5.41, 5.74) is 2.57. The van der Waals surface area contributed by atoms with E-state index in [1.807, 2.05) is 11.8 Å². The van der Waals surface area contributed by atoms with Gasteiger partial charge in [-0.3, -0.25) is 0 Å². The van der Waals surface area contributed by atoms with Crippen LogP contribution in [0, 0.1) is 0 Å². The van der Waals surface area contributed by atoms with E-state index < -0.39 is 0 Å². The number of aromatic nitrogens is 1. The predicted molar refractivity (Wildman–Crippen MR) is 67.8 cm³/mol. The molecule has 1 N–H and O–H groups in total. The van der Waals surface area contributed by atoms with E-state index in [1.54, 1.807) is 0 Å². The largest absolute Gasteiger partial charge is 0.388 e.